The van der Waals surface area contributed by atoms with Gasteiger partial charge in [-0.1, -0.05) is 0 Å². The zero-order valence-corrected chi connectivity index (χ0v) is 7.49. The second-order valence-electron chi connectivity index (χ2n) is 1.70. The topological polar surface area (TPSA) is 19.9 Å². The molecule has 1 radical (unpaired) electrons. The summed E-state index contributed by atoms with van der Waals surface area (Å²) >= 11 is 5.78. The fraction of sp³-hybridized carbons (Fsp3) is 1.00. The summed E-state index contributed by atoms with van der Waals surface area (Å²) in [6.45, 7) is 0.0926. The lowest BCUT2D eigenvalue weighted by molar-refractivity contribution is 0.193. The molecule has 1 rings (SSSR count). The summed E-state index contributed by atoms with van der Waals surface area (Å²) in [5.74, 6) is 0. The van der Waals surface area contributed by atoms with E-state index in [0.717, 1.165) is 6.42 Å². The highest BCUT2D eigenvalue weighted by Gasteiger charge is 2.13. The molecular weight excluding hydrogens is 172 g/mol. The summed E-state index contributed by atoms with van der Waals surface area (Å²) in [5.41, 5.74) is 0. The highest BCUT2D eigenvalue weighted by molar-refractivity contribution is 8.32. The predicted octanol–water partition coefficient (Wildman–Crippen LogP) is 2.26. The third kappa shape index (κ3) is 3.07. The summed E-state index contributed by atoms with van der Waals surface area (Å²) in [5, 5.41) is 12.5. The van der Waals surface area contributed by atoms with Gasteiger partial charge >= 0.3 is 0 Å². The monoisotopic (exact) mass is 181 g/mol. The van der Waals surface area contributed by atoms with Gasteiger partial charge in [-0.2, -0.15) is 0 Å². The van der Waals surface area contributed by atoms with Crippen LogP contribution < -0.4 is 0 Å². The molecule has 0 aliphatic carbocycles. The van der Waals surface area contributed by atoms with Crippen LogP contribution in [0.3, 0.4) is 0 Å². The Morgan fingerprint density at radius 2 is 2.00 bits per heavy atom. The van der Waals surface area contributed by atoms with E-state index in [0.29, 0.717) is 4.58 Å². The van der Waals surface area contributed by atoms with E-state index in [-0.39, 0.29) is 6.61 Å². The van der Waals surface area contributed by atoms with Gasteiger partial charge in [0.25, 0.3) is 0 Å². The minimum Gasteiger partial charge on any atom is -0.237 e. The standard InChI is InChI=1S/C5H9OS3/c6-2-1-5-8-3-7-4-9-5/h5H,1-4H2. The summed E-state index contributed by atoms with van der Waals surface area (Å²) in [6.07, 6.45) is 0.843. The van der Waals surface area contributed by atoms with E-state index in [2.05, 4.69) is 0 Å². The van der Waals surface area contributed by atoms with Gasteiger partial charge < -0.3 is 0 Å². The summed E-state index contributed by atoms with van der Waals surface area (Å²) in [7, 11) is 0. The average Bonchev–Trinajstić information content (AvgIpc) is 1.91. The summed E-state index contributed by atoms with van der Waals surface area (Å²) in [4.78, 5) is 0. The van der Waals surface area contributed by atoms with E-state index in [1.54, 1.807) is 0 Å². The third-order valence-electron chi connectivity index (χ3n) is 1.03. The Morgan fingerprint density at radius 1 is 1.33 bits per heavy atom. The second-order valence-corrected chi connectivity index (χ2v) is 6.09. The number of hydrogen-bond acceptors (Lipinski definition) is 3. The zero-order valence-electron chi connectivity index (χ0n) is 5.04. The first-order valence-corrected chi connectivity index (χ1v) is 6.08. The Balaban J connectivity index is 2.08. The van der Waals surface area contributed by atoms with Crippen molar-refractivity contribution < 1.29 is 5.11 Å². The SMILES string of the molecule is [O]CCC1SCSCS1. The van der Waals surface area contributed by atoms with Crippen LogP contribution in [0.25, 0.3) is 0 Å². The Kier molecular flexibility index (Phi) is 4.30. The Bertz CT molecular complexity index is 69.8. The van der Waals surface area contributed by atoms with E-state index in [1.807, 2.05) is 35.3 Å². The molecule has 0 bridgehead atoms. The lowest BCUT2D eigenvalue weighted by Gasteiger charge is -2.18. The van der Waals surface area contributed by atoms with Crippen LogP contribution in [-0.4, -0.2) is 21.4 Å². The van der Waals surface area contributed by atoms with Gasteiger partial charge in [0, 0.05) is 10.2 Å². The average molecular weight is 181 g/mol. The van der Waals surface area contributed by atoms with E-state index in [4.69, 9.17) is 0 Å². The molecule has 0 amide bonds. The highest BCUT2D eigenvalue weighted by atomic mass is 32.3. The van der Waals surface area contributed by atoms with Crippen molar-refractivity contribution in [3.8, 4) is 0 Å². The van der Waals surface area contributed by atoms with E-state index in [9.17, 15) is 5.11 Å². The smallest absolute Gasteiger partial charge is 0.0841 e. The molecule has 0 unspecified atom stereocenters. The van der Waals surface area contributed by atoms with Crippen LogP contribution in [0.15, 0.2) is 0 Å². The third-order valence-corrected chi connectivity index (χ3v) is 5.48. The molecule has 0 N–H and O–H groups in total. The Labute approximate surface area is 68.4 Å². The first-order valence-electron chi connectivity index (χ1n) is 2.82. The van der Waals surface area contributed by atoms with Crippen LogP contribution in [0.5, 0.6) is 0 Å². The first kappa shape index (κ1) is 8.11. The highest BCUT2D eigenvalue weighted by Crippen LogP contribution is 2.37. The second kappa shape index (κ2) is 4.77. The Hall–Kier alpha value is 1.01. The van der Waals surface area contributed by atoms with E-state index >= 15 is 0 Å². The fourth-order valence-corrected chi connectivity index (χ4v) is 5.37. The van der Waals surface area contributed by atoms with Crippen LogP contribution in [0.2, 0.25) is 0 Å². The van der Waals surface area contributed by atoms with Crippen LogP contribution in [0.1, 0.15) is 6.42 Å². The molecular formula is C5H9OS3. The van der Waals surface area contributed by atoms with Crippen LogP contribution in [-0.2, 0) is 5.11 Å². The normalized spacial score (nSPS) is 22.3. The van der Waals surface area contributed by atoms with Crippen molar-refractivity contribution in [2.75, 3.05) is 16.8 Å². The Morgan fingerprint density at radius 3 is 2.56 bits per heavy atom. The maximum Gasteiger partial charge on any atom is 0.0841 e. The lowest BCUT2D eigenvalue weighted by atomic mass is 10.5. The van der Waals surface area contributed by atoms with Gasteiger partial charge in [0.15, 0.2) is 0 Å². The van der Waals surface area contributed by atoms with Crippen molar-refractivity contribution in [1.29, 1.82) is 0 Å². The zero-order chi connectivity index (χ0) is 6.53. The largest absolute Gasteiger partial charge is 0.237 e. The number of rotatable bonds is 2. The molecule has 9 heavy (non-hydrogen) atoms. The lowest BCUT2D eigenvalue weighted by Crippen LogP contribution is -2.04. The number of hydrogen-bond donors (Lipinski definition) is 0. The fourth-order valence-electron chi connectivity index (χ4n) is 0.593. The quantitative estimate of drug-likeness (QED) is 0.651. The van der Waals surface area contributed by atoms with Crippen molar-refractivity contribution in [3.05, 3.63) is 0 Å². The molecule has 1 aliphatic rings. The maximum absolute atomic E-state index is 10.2. The van der Waals surface area contributed by atoms with Gasteiger partial charge in [0.05, 0.1) is 11.2 Å². The molecule has 0 aromatic rings. The van der Waals surface area contributed by atoms with Crippen molar-refractivity contribution in [1.82, 2.24) is 0 Å². The van der Waals surface area contributed by atoms with Crippen molar-refractivity contribution >= 4 is 35.3 Å². The molecule has 0 saturated carbocycles. The van der Waals surface area contributed by atoms with Gasteiger partial charge in [0.2, 0.25) is 0 Å². The molecule has 1 fully saturated rings. The molecule has 0 spiro atoms. The summed E-state index contributed by atoms with van der Waals surface area (Å²) in [6, 6.07) is 0. The van der Waals surface area contributed by atoms with E-state index in [1.165, 1.54) is 10.2 Å². The van der Waals surface area contributed by atoms with Crippen molar-refractivity contribution in [2.24, 2.45) is 0 Å². The summed E-state index contributed by atoms with van der Waals surface area (Å²) < 4.78 is 0.601. The molecule has 1 nitrogen and oxygen atoms in total. The van der Waals surface area contributed by atoms with Gasteiger partial charge in [-0.05, 0) is 6.42 Å². The molecule has 0 aromatic heterocycles. The molecule has 1 aliphatic heterocycles. The van der Waals surface area contributed by atoms with Crippen molar-refractivity contribution in [3.63, 3.8) is 0 Å². The molecule has 1 saturated heterocycles. The van der Waals surface area contributed by atoms with Gasteiger partial charge in [-0.25, -0.2) is 5.11 Å². The van der Waals surface area contributed by atoms with Gasteiger partial charge in [-0.15, -0.1) is 35.3 Å². The van der Waals surface area contributed by atoms with Gasteiger partial charge in [-0.3, -0.25) is 0 Å². The maximum atomic E-state index is 10.2. The first-order chi connectivity index (χ1) is 4.43. The van der Waals surface area contributed by atoms with Crippen LogP contribution >= 0.6 is 35.3 Å². The minimum absolute atomic E-state index is 0.0926. The van der Waals surface area contributed by atoms with Crippen molar-refractivity contribution in [2.45, 2.75) is 11.0 Å². The predicted molar refractivity (Wildman–Crippen MR) is 46.5 cm³/mol. The number of thioether (sulfide) groups is 3. The molecule has 1 heterocycles. The molecule has 53 valence electrons. The molecule has 0 atom stereocenters. The van der Waals surface area contributed by atoms with E-state index < -0.39 is 0 Å². The minimum atomic E-state index is 0.0926. The van der Waals surface area contributed by atoms with Gasteiger partial charge in [0.1, 0.15) is 0 Å². The molecule has 4 heteroatoms. The van der Waals surface area contributed by atoms with Crippen LogP contribution in [0, 0.1) is 0 Å². The molecule has 0 aromatic carbocycles. The van der Waals surface area contributed by atoms with Crippen LogP contribution in [0.4, 0.5) is 0 Å².